The first kappa shape index (κ1) is 21.2. The van der Waals surface area contributed by atoms with E-state index in [0.717, 1.165) is 38.7 Å². The van der Waals surface area contributed by atoms with Crippen molar-refractivity contribution in [2.45, 2.75) is 39.2 Å². The quantitative estimate of drug-likeness (QED) is 0.392. The first-order valence-electron chi connectivity index (χ1n) is 9.87. The van der Waals surface area contributed by atoms with Crippen molar-refractivity contribution in [1.29, 1.82) is 0 Å². The Balaban J connectivity index is 1.74. The third-order valence-electron chi connectivity index (χ3n) is 4.81. The minimum absolute atomic E-state index is 0.513. The molecule has 5 nitrogen and oxygen atoms in total. The monoisotopic (exact) mass is 380 g/mol. The number of piperidine rings is 1. The number of hydrogen-bond donors (Lipinski definition) is 2. The highest BCUT2D eigenvalue weighted by molar-refractivity contribution is 7.10. The van der Waals surface area contributed by atoms with Crippen molar-refractivity contribution < 1.29 is 4.74 Å². The van der Waals surface area contributed by atoms with E-state index in [4.69, 9.17) is 4.74 Å². The van der Waals surface area contributed by atoms with Crippen LogP contribution in [0.2, 0.25) is 0 Å². The molecule has 2 N–H and O–H groups in total. The molecule has 1 aromatic rings. The van der Waals surface area contributed by atoms with Gasteiger partial charge in [0, 0.05) is 44.3 Å². The fourth-order valence-electron chi connectivity index (χ4n) is 3.53. The van der Waals surface area contributed by atoms with Crippen LogP contribution in [0.25, 0.3) is 0 Å². The fraction of sp³-hybridized carbons (Fsp3) is 0.750. The van der Waals surface area contributed by atoms with Crippen molar-refractivity contribution in [3.8, 4) is 0 Å². The lowest BCUT2D eigenvalue weighted by Gasteiger charge is -2.39. The van der Waals surface area contributed by atoms with Crippen molar-refractivity contribution in [1.82, 2.24) is 15.5 Å². The van der Waals surface area contributed by atoms with Crippen LogP contribution < -0.4 is 10.6 Å². The Kier molecular flexibility index (Phi) is 9.43. The lowest BCUT2D eigenvalue weighted by atomic mass is 9.88. The molecular formula is C20H36N4OS. The predicted molar refractivity (Wildman–Crippen MR) is 112 cm³/mol. The Morgan fingerprint density at radius 1 is 1.42 bits per heavy atom. The fourth-order valence-corrected chi connectivity index (χ4v) is 4.51. The number of thiophene rings is 1. The molecule has 1 aliphatic rings. The Morgan fingerprint density at radius 2 is 2.27 bits per heavy atom. The first-order valence-corrected chi connectivity index (χ1v) is 10.8. The molecule has 26 heavy (non-hydrogen) atoms. The summed E-state index contributed by atoms with van der Waals surface area (Å²) in [5, 5.41) is 9.13. The molecule has 0 amide bonds. The maximum absolute atomic E-state index is 5.63. The van der Waals surface area contributed by atoms with Gasteiger partial charge in [0.1, 0.15) is 0 Å². The summed E-state index contributed by atoms with van der Waals surface area (Å²) in [6, 6.07) is 4.95. The van der Waals surface area contributed by atoms with Gasteiger partial charge in [-0.2, -0.15) is 0 Å². The maximum atomic E-state index is 5.63. The van der Waals surface area contributed by atoms with Gasteiger partial charge in [0.05, 0.1) is 0 Å². The smallest absolute Gasteiger partial charge is 0.190 e. The summed E-state index contributed by atoms with van der Waals surface area (Å²) in [6.45, 7) is 9.02. The van der Waals surface area contributed by atoms with E-state index in [2.05, 4.69) is 58.9 Å². The molecule has 0 saturated carbocycles. The van der Waals surface area contributed by atoms with Crippen LogP contribution in [0.4, 0.5) is 0 Å². The predicted octanol–water partition coefficient (Wildman–Crippen LogP) is 3.36. The van der Waals surface area contributed by atoms with Crippen LogP contribution in [0.1, 0.15) is 44.0 Å². The summed E-state index contributed by atoms with van der Waals surface area (Å²) < 4.78 is 5.63. The van der Waals surface area contributed by atoms with Gasteiger partial charge in [-0.05, 0) is 56.1 Å². The third kappa shape index (κ3) is 6.89. The zero-order valence-corrected chi connectivity index (χ0v) is 17.6. The molecule has 1 aliphatic heterocycles. The maximum Gasteiger partial charge on any atom is 0.190 e. The second-order valence-corrected chi connectivity index (χ2v) is 8.52. The van der Waals surface area contributed by atoms with Gasteiger partial charge in [-0.25, -0.2) is 0 Å². The molecule has 1 fully saturated rings. The van der Waals surface area contributed by atoms with Crippen molar-refractivity contribution in [3.05, 3.63) is 22.4 Å². The summed E-state index contributed by atoms with van der Waals surface area (Å²) in [4.78, 5) is 8.35. The number of ether oxygens (including phenoxy) is 1. The summed E-state index contributed by atoms with van der Waals surface area (Å²) >= 11 is 1.87. The van der Waals surface area contributed by atoms with Crippen molar-refractivity contribution in [2.24, 2.45) is 16.8 Å². The Bertz CT molecular complexity index is 518. The van der Waals surface area contributed by atoms with E-state index in [0.29, 0.717) is 17.9 Å². The Hall–Kier alpha value is -1.11. The van der Waals surface area contributed by atoms with Crippen LogP contribution in [0.5, 0.6) is 0 Å². The number of hydrogen-bond acceptors (Lipinski definition) is 4. The summed E-state index contributed by atoms with van der Waals surface area (Å²) in [7, 11) is 4.09. The van der Waals surface area contributed by atoms with E-state index in [1.54, 1.807) is 0 Å². The molecule has 0 spiro atoms. The van der Waals surface area contributed by atoms with E-state index in [-0.39, 0.29) is 0 Å². The highest BCUT2D eigenvalue weighted by Crippen LogP contribution is 2.36. The van der Waals surface area contributed by atoms with E-state index in [1.165, 1.54) is 24.3 Å². The minimum Gasteiger partial charge on any atom is -0.381 e. The number of nitrogens with zero attached hydrogens (tertiary/aromatic N) is 2. The van der Waals surface area contributed by atoms with Crippen LogP contribution in [-0.2, 0) is 4.74 Å². The molecule has 0 bridgehead atoms. The molecule has 0 radical (unpaired) electrons. The third-order valence-corrected chi connectivity index (χ3v) is 5.75. The van der Waals surface area contributed by atoms with Crippen LogP contribution in [0.15, 0.2) is 22.5 Å². The number of guanidine groups is 1. The summed E-state index contributed by atoms with van der Waals surface area (Å²) in [6.07, 6.45) is 3.53. The van der Waals surface area contributed by atoms with Crippen LogP contribution in [0.3, 0.4) is 0 Å². The summed E-state index contributed by atoms with van der Waals surface area (Å²) in [5.41, 5.74) is 0. The van der Waals surface area contributed by atoms with Gasteiger partial charge in [0.2, 0.25) is 0 Å². The van der Waals surface area contributed by atoms with Gasteiger partial charge >= 0.3 is 0 Å². The highest BCUT2D eigenvalue weighted by atomic mass is 32.1. The normalized spacial score (nSPS) is 22.0. The van der Waals surface area contributed by atoms with E-state index in [1.807, 2.05) is 18.4 Å². The zero-order chi connectivity index (χ0) is 18.8. The second kappa shape index (κ2) is 11.6. The molecular weight excluding hydrogens is 344 g/mol. The van der Waals surface area contributed by atoms with Crippen molar-refractivity contribution in [3.63, 3.8) is 0 Å². The largest absolute Gasteiger partial charge is 0.381 e. The average molecular weight is 381 g/mol. The molecule has 6 heteroatoms. The van der Waals surface area contributed by atoms with Gasteiger partial charge in [-0.1, -0.05) is 19.9 Å². The lowest BCUT2D eigenvalue weighted by molar-refractivity contribution is 0.108. The number of aliphatic imine (C=N–C) groups is 1. The van der Waals surface area contributed by atoms with Gasteiger partial charge < -0.3 is 15.4 Å². The van der Waals surface area contributed by atoms with Crippen molar-refractivity contribution >= 4 is 17.3 Å². The van der Waals surface area contributed by atoms with Crippen molar-refractivity contribution in [2.75, 3.05) is 46.9 Å². The van der Waals surface area contributed by atoms with Gasteiger partial charge in [-0.3, -0.25) is 9.89 Å². The summed E-state index contributed by atoms with van der Waals surface area (Å²) in [5.74, 6) is 2.11. The lowest BCUT2D eigenvalue weighted by Crippen LogP contribution is -2.45. The number of rotatable bonds is 9. The molecule has 148 valence electrons. The molecule has 2 rings (SSSR count). The van der Waals surface area contributed by atoms with E-state index >= 15 is 0 Å². The second-order valence-electron chi connectivity index (χ2n) is 7.55. The zero-order valence-electron chi connectivity index (χ0n) is 16.8. The van der Waals surface area contributed by atoms with Crippen LogP contribution in [0, 0.1) is 11.8 Å². The number of likely N-dealkylation sites (tertiary alicyclic amines) is 1. The molecule has 1 aromatic heterocycles. The Morgan fingerprint density at radius 3 is 2.96 bits per heavy atom. The van der Waals surface area contributed by atoms with Gasteiger partial charge in [-0.15, -0.1) is 11.3 Å². The van der Waals surface area contributed by atoms with Gasteiger partial charge in [0.25, 0.3) is 0 Å². The molecule has 2 unspecified atom stereocenters. The SMILES string of the molecule is CN=C(NCCCOCC(C)C)NCC1CCCN(C)C1c1cccs1. The first-order chi connectivity index (χ1) is 12.6. The van der Waals surface area contributed by atoms with E-state index < -0.39 is 0 Å². The molecule has 0 aromatic carbocycles. The molecule has 2 heterocycles. The van der Waals surface area contributed by atoms with E-state index in [9.17, 15) is 0 Å². The topological polar surface area (TPSA) is 48.9 Å². The standard InChI is InChI=1S/C20H36N4OS/c1-16(2)15-25-12-7-10-22-20(21-3)23-14-17-8-5-11-24(4)19(17)18-9-6-13-26-18/h6,9,13,16-17,19H,5,7-8,10-12,14-15H2,1-4H3,(H2,21,22,23). The average Bonchev–Trinajstić information content (AvgIpc) is 3.14. The van der Waals surface area contributed by atoms with Crippen LogP contribution in [-0.4, -0.2) is 57.8 Å². The molecule has 0 aliphatic carbocycles. The number of nitrogens with one attached hydrogen (secondary N) is 2. The molecule has 1 saturated heterocycles. The van der Waals surface area contributed by atoms with Gasteiger partial charge in [0.15, 0.2) is 5.96 Å². The highest BCUT2D eigenvalue weighted by Gasteiger charge is 2.31. The molecule has 2 atom stereocenters. The van der Waals surface area contributed by atoms with Crippen LogP contribution >= 0.6 is 11.3 Å². The Labute approximate surface area is 163 Å². The minimum atomic E-state index is 0.513.